The van der Waals surface area contributed by atoms with Gasteiger partial charge < -0.3 is 14.6 Å². The van der Waals surface area contributed by atoms with E-state index in [1.54, 1.807) is 54.5 Å². The molecule has 190 valence electrons. The van der Waals surface area contributed by atoms with Crippen LogP contribution in [-0.2, 0) is 39.1 Å². The molecule has 0 aliphatic heterocycles. The number of carbonyl (C=O) groups is 2. The Morgan fingerprint density at radius 2 is 1.72 bits per heavy atom. The number of sulfonamides is 1. The Kier molecular flexibility index (Phi) is 8.22. The molecule has 1 fully saturated rings. The van der Waals surface area contributed by atoms with E-state index in [1.807, 2.05) is 30.3 Å². The second-order valence-electron chi connectivity index (χ2n) is 9.02. The lowest BCUT2D eigenvalue weighted by Gasteiger charge is -2.29. The van der Waals surface area contributed by atoms with Crippen LogP contribution >= 0.6 is 0 Å². The average molecular weight is 510 g/mol. The van der Waals surface area contributed by atoms with Crippen molar-refractivity contribution in [1.82, 2.24) is 14.9 Å². The number of amides is 2. The number of aryl methyl sites for hydroxylation is 1. The lowest BCUT2D eigenvalue weighted by Crippen LogP contribution is -2.47. The van der Waals surface area contributed by atoms with Crippen molar-refractivity contribution in [3.63, 3.8) is 0 Å². The van der Waals surface area contributed by atoms with Crippen LogP contribution < -0.4 is 10.0 Å². The molecule has 1 heterocycles. The first-order chi connectivity index (χ1) is 17.3. The number of benzene rings is 2. The molecule has 1 aliphatic rings. The number of carbonyl (C=O) groups excluding carboxylic acids is 2. The minimum Gasteiger partial charge on any atom is -0.467 e. The van der Waals surface area contributed by atoms with E-state index < -0.39 is 16.1 Å². The monoisotopic (exact) mass is 509 g/mol. The highest BCUT2D eigenvalue weighted by atomic mass is 32.2. The van der Waals surface area contributed by atoms with Gasteiger partial charge in [0.1, 0.15) is 11.8 Å². The number of hydrogen-bond donors (Lipinski definition) is 2. The Bertz CT molecular complexity index is 1250. The summed E-state index contributed by atoms with van der Waals surface area (Å²) >= 11 is 0. The second kappa shape index (κ2) is 11.5. The van der Waals surface area contributed by atoms with Gasteiger partial charge in [0.25, 0.3) is 0 Å². The lowest BCUT2D eigenvalue weighted by molar-refractivity contribution is -0.140. The summed E-state index contributed by atoms with van der Waals surface area (Å²) < 4.78 is 32.7. The molecule has 1 aromatic heterocycles. The summed E-state index contributed by atoms with van der Waals surface area (Å²) in [7, 11) is -3.51. The Hall–Kier alpha value is -3.43. The van der Waals surface area contributed by atoms with E-state index in [9.17, 15) is 18.0 Å². The smallest absolute Gasteiger partial charge is 0.242 e. The van der Waals surface area contributed by atoms with Gasteiger partial charge >= 0.3 is 0 Å². The number of nitrogens with zero attached hydrogens (tertiary/aromatic N) is 1. The van der Waals surface area contributed by atoms with Crippen LogP contribution in [0.2, 0.25) is 0 Å². The Balaban J connectivity index is 1.39. The number of rotatable bonds is 12. The summed E-state index contributed by atoms with van der Waals surface area (Å²) in [5.41, 5.74) is 1.78. The predicted octanol–water partition coefficient (Wildman–Crippen LogP) is 3.39. The van der Waals surface area contributed by atoms with Crippen LogP contribution in [0.1, 0.15) is 43.1 Å². The quantitative estimate of drug-likeness (QED) is 0.389. The highest BCUT2D eigenvalue weighted by Gasteiger charge is 2.28. The Morgan fingerprint density at radius 1 is 1.00 bits per heavy atom. The normalized spacial score (nSPS) is 14.2. The standard InChI is InChI=1S/C27H31N3O5S/c1-20(27(32)28-18-24-8-5-17-35-24)30(19-22-6-3-2-4-7-22)26(31)16-11-21-9-14-25(15-10-21)36(33,34)29-23-12-13-23/h2-10,14-15,17,20,23,29H,11-13,16,18-19H2,1H3,(H,28,32)/t20-/m0/s1. The molecule has 2 N–H and O–H groups in total. The van der Waals surface area contributed by atoms with Gasteiger partial charge in [-0.05, 0) is 61.6 Å². The van der Waals surface area contributed by atoms with Crippen molar-refractivity contribution in [3.05, 3.63) is 89.9 Å². The maximum Gasteiger partial charge on any atom is 0.242 e. The van der Waals surface area contributed by atoms with Gasteiger partial charge in [0.15, 0.2) is 0 Å². The molecule has 1 aliphatic carbocycles. The minimum absolute atomic E-state index is 0.0427. The highest BCUT2D eigenvalue weighted by molar-refractivity contribution is 7.89. The molecule has 36 heavy (non-hydrogen) atoms. The molecule has 0 spiro atoms. The minimum atomic E-state index is -3.51. The second-order valence-corrected chi connectivity index (χ2v) is 10.7. The van der Waals surface area contributed by atoms with E-state index in [1.165, 1.54) is 0 Å². The first-order valence-electron chi connectivity index (χ1n) is 12.1. The molecule has 0 unspecified atom stereocenters. The number of hydrogen-bond acceptors (Lipinski definition) is 5. The van der Waals surface area contributed by atoms with Gasteiger partial charge in [0, 0.05) is 19.0 Å². The van der Waals surface area contributed by atoms with E-state index in [0.29, 0.717) is 18.7 Å². The summed E-state index contributed by atoms with van der Waals surface area (Å²) in [6.45, 7) is 2.26. The Morgan fingerprint density at radius 3 is 2.36 bits per heavy atom. The summed E-state index contributed by atoms with van der Waals surface area (Å²) in [5.74, 6) is 0.203. The van der Waals surface area contributed by atoms with Gasteiger partial charge in [0.2, 0.25) is 21.8 Å². The first-order valence-corrected chi connectivity index (χ1v) is 13.5. The van der Waals surface area contributed by atoms with Crippen LogP contribution in [0.15, 0.2) is 82.3 Å². The summed E-state index contributed by atoms with van der Waals surface area (Å²) in [6.07, 6.45) is 3.91. The maximum atomic E-state index is 13.3. The molecule has 1 saturated carbocycles. The summed E-state index contributed by atoms with van der Waals surface area (Å²) in [5, 5.41) is 2.83. The van der Waals surface area contributed by atoms with Gasteiger partial charge in [-0.3, -0.25) is 9.59 Å². The molecular formula is C27H31N3O5S. The average Bonchev–Trinajstić information content (AvgIpc) is 3.53. The van der Waals surface area contributed by atoms with Crippen molar-refractivity contribution in [1.29, 1.82) is 0 Å². The topological polar surface area (TPSA) is 109 Å². The van der Waals surface area contributed by atoms with Crippen LogP contribution in [0.3, 0.4) is 0 Å². The summed E-state index contributed by atoms with van der Waals surface area (Å²) in [4.78, 5) is 27.9. The zero-order valence-electron chi connectivity index (χ0n) is 20.2. The van der Waals surface area contributed by atoms with Crippen molar-refractivity contribution in [2.24, 2.45) is 0 Å². The number of furan rings is 1. The molecule has 4 rings (SSSR count). The summed E-state index contributed by atoms with van der Waals surface area (Å²) in [6, 6.07) is 19.0. The van der Waals surface area contributed by atoms with E-state index in [4.69, 9.17) is 4.42 Å². The van der Waals surface area contributed by atoms with Crippen molar-refractivity contribution in [3.8, 4) is 0 Å². The van der Waals surface area contributed by atoms with Crippen molar-refractivity contribution in [2.45, 2.75) is 62.7 Å². The molecule has 1 atom stereocenters. The fourth-order valence-electron chi connectivity index (χ4n) is 3.82. The largest absolute Gasteiger partial charge is 0.467 e. The van der Waals surface area contributed by atoms with Gasteiger partial charge in [-0.2, -0.15) is 0 Å². The fourth-order valence-corrected chi connectivity index (χ4v) is 5.12. The molecule has 8 nitrogen and oxygen atoms in total. The molecule has 2 amide bonds. The molecule has 0 radical (unpaired) electrons. The van der Waals surface area contributed by atoms with Gasteiger partial charge in [-0.1, -0.05) is 42.5 Å². The first kappa shape index (κ1) is 25.7. The molecule has 0 saturated heterocycles. The molecule has 3 aromatic rings. The van der Waals surface area contributed by atoms with Crippen molar-refractivity contribution >= 4 is 21.8 Å². The van der Waals surface area contributed by atoms with Crippen LogP contribution in [0.25, 0.3) is 0 Å². The third kappa shape index (κ3) is 7.05. The van der Waals surface area contributed by atoms with Gasteiger partial charge in [-0.25, -0.2) is 13.1 Å². The number of nitrogens with one attached hydrogen (secondary N) is 2. The zero-order valence-corrected chi connectivity index (χ0v) is 21.0. The maximum absolute atomic E-state index is 13.3. The van der Waals surface area contributed by atoms with Crippen LogP contribution in [-0.4, -0.2) is 37.2 Å². The molecular weight excluding hydrogens is 478 g/mol. The van der Waals surface area contributed by atoms with Crippen LogP contribution in [0.4, 0.5) is 0 Å². The fraction of sp³-hybridized carbons (Fsp3) is 0.333. The molecule has 2 aromatic carbocycles. The third-order valence-corrected chi connectivity index (χ3v) is 7.68. The SMILES string of the molecule is C[C@@H](C(=O)NCc1ccco1)N(Cc1ccccc1)C(=O)CCc1ccc(S(=O)(=O)NC2CC2)cc1. The van der Waals surface area contributed by atoms with Crippen LogP contribution in [0, 0.1) is 0 Å². The predicted molar refractivity (Wildman–Crippen MR) is 135 cm³/mol. The zero-order chi connectivity index (χ0) is 25.5. The van der Waals surface area contributed by atoms with Crippen molar-refractivity contribution in [2.75, 3.05) is 0 Å². The van der Waals surface area contributed by atoms with E-state index in [-0.39, 0.29) is 35.7 Å². The lowest BCUT2D eigenvalue weighted by atomic mass is 10.1. The van der Waals surface area contributed by atoms with E-state index in [0.717, 1.165) is 24.0 Å². The highest BCUT2D eigenvalue weighted by Crippen LogP contribution is 2.22. The molecule has 9 heteroatoms. The van der Waals surface area contributed by atoms with Crippen molar-refractivity contribution < 1.29 is 22.4 Å². The van der Waals surface area contributed by atoms with Gasteiger partial charge in [0.05, 0.1) is 17.7 Å². The van der Waals surface area contributed by atoms with Gasteiger partial charge in [-0.15, -0.1) is 0 Å². The van der Waals surface area contributed by atoms with E-state index >= 15 is 0 Å². The Labute approximate surface area is 211 Å². The van der Waals surface area contributed by atoms with E-state index in [2.05, 4.69) is 10.0 Å². The van der Waals surface area contributed by atoms with Crippen LogP contribution in [0.5, 0.6) is 0 Å². The molecule has 0 bridgehead atoms. The third-order valence-electron chi connectivity index (χ3n) is 6.14.